The highest BCUT2D eigenvalue weighted by Crippen LogP contribution is 2.28. The van der Waals surface area contributed by atoms with E-state index >= 15 is 0 Å². The van der Waals surface area contributed by atoms with Gasteiger partial charge in [0.1, 0.15) is 0 Å². The first kappa shape index (κ1) is 12.2. The van der Waals surface area contributed by atoms with Gasteiger partial charge < -0.3 is 14.6 Å². The summed E-state index contributed by atoms with van der Waals surface area (Å²) in [4.78, 5) is 11.6. The molecule has 0 spiro atoms. The fourth-order valence-electron chi connectivity index (χ4n) is 1.80. The van der Waals surface area contributed by atoms with E-state index in [4.69, 9.17) is 9.47 Å². The highest BCUT2D eigenvalue weighted by Gasteiger charge is 2.27. The molecule has 1 atom stereocenters. The highest BCUT2D eigenvalue weighted by atomic mass is 16.7. The largest absolute Gasteiger partial charge is 0.507 e. The zero-order valence-electron chi connectivity index (χ0n) is 9.45. The second kappa shape index (κ2) is 5.28. The van der Waals surface area contributed by atoms with Crippen LogP contribution in [-0.4, -0.2) is 31.4 Å². The molecule has 0 radical (unpaired) electrons. The van der Waals surface area contributed by atoms with Crippen LogP contribution in [0.1, 0.15) is 26.2 Å². The summed E-state index contributed by atoms with van der Waals surface area (Å²) in [7, 11) is 2.86. The maximum Gasteiger partial charge on any atom is 0.216 e. The van der Waals surface area contributed by atoms with E-state index in [1.54, 1.807) is 0 Å². The molecule has 0 aromatic heterocycles. The van der Waals surface area contributed by atoms with Gasteiger partial charge in [-0.05, 0) is 18.8 Å². The van der Waals surface area contributed by atoms with Crippen LogP contribution in [0.25, 0.3) is 0 Å². The SMILES string of the molecule is COC(OC)C(O)=C1CC(C)CCC1=O. The van der Waals surface area contributed by atoms with Gasteiger partial charge in [-0.3, -0.25) is 4.79 Å². The molecule has 1 unspecified atom stereocenters. The van der Waals surface area contributed by atoms with Crippen molar-refractivity contribution in [3.8, 4) is 0 Å². The van der Waals surface area contributed by atoms with Gasteiger partial charge in [0.25, 0.3) is 0 Å². The number of ether oxygens (including phenoxy) is 2. The van der Waals surface area contributed by atoms with Gasteiger partial charge in [-0.15, -0.1) is 0 Å². The first-order valence-electron chi connectivity index (χ1n) is 5.11. The maximum absolute atomic E-state index is 11.6. The van der Waals surface area contributed by atoms with Crippen molar-refractivity contribution in [2.45, 2.75) is 32.5 Å². The van der Waals surface area contributed by atoms with Crippen molar-refractivity contribution in [3.63, 3.8) is 0 Å². The summed E-state index contributed by atoms with van der Waals surface area (Å²) in [5.74, 6) is 0.357. The molecular weight excluding hydrogens is 196 g/mol. The number of rotatable bonds is 3. The lowest BCUT2D eigenvalue weighted by Crippen LogP contribution is -2.24. The second-order valence-corrected chi connectivity index (χ2v) is 3.94. The molecule has 86 valence electrons. The molecule has 1 N–H and O–H groups in total. The molecule has 0 aromatic rings. The van der Waals surface area contributed by atoms with E-state index in [-0.39, 0.29) is 11.5 Å². The quantitative estimate of drug-likeness (QED) is 0.442. The van der Waals surface area contributed by atoms with Crippen LogP contribution in [0, 0.1) is 5.92 Å². The number of carbonyl (C=O) groups is 1. The predicted molar refractivity (Wildman–Crippen MR) is 55.5 cm³/mol. The molecule has 1 saturated carbocycles. The number of carbonyl (C=O) groups excluding carboxylic acids is 1. The van der Waals surface area contributed by atoms with E-state index < -0.39 is 6.29 Å². The van der Waals surface area contributed by atoms with Gasteiger partial charge in [0, 0.05) is 26.2 Å². The van der Waals surface area contributed by atoms with Crippen LogP contribution >= 0.6 is 0 Å². The van der Waals surface area contributed by atoms with Gasteiger partial charge in [-0.25, -0.2) is 0 Å². The summed E-state index contributed by atoms with van der Waals surface area (Å²) in [5, 5.41) is 9.83. The fraction of sp³-hybridized carbons (Fsp3) is 0.727. The standard InChI is InChI=1S/C11H18O4/c1-7-4-5-9(12)8(6-7)10(13)11(14-2)15-3/h7,11,13H,4-6H2,1-3H3. The van der Waals surface area contributed by atoms with Crippen molar-refractivity contribution >= 4 is 5.78 Å². The summed E-state index contributed by atoms with van der Waals surface area (Å²) in [6.45, 7) is 2.06. The van der Waals surface area contributed by atoms with E-state index in [2.05, 4.69) is 6.92 Å². The monoisotopic (exact) mass is 214 g/mol. The molecule has 15 heavy (non-hydrogen) atoms. The maximum atomic E-state index is 11.6. The van der Waals surface area contributed by atoms with Crippen molar-refractivity contribution < 1.29 is 19.4 Å². The average molecular weight is 214 g/mol. The van der Waals surface area contributed by atoms with Gasteiger partial charge in [0.05, 0.1) is 0 Å². The lowest BCUT2D eigenvalue weighted by Gasteiger charge is -2.22. The number of aliphatic hydroxyl groups excluding tert-OH is 1. The van der Waals surface area contributed by atoms with Crippen molar-refractivity contribution in [1.29, 1.82) is 0 Å². The van der Waals surface area contributed by atoms with Crippen molar-refractivity contribution in [2.75, 3.05) is 14.2 Å². The Morgan fingerprint density at radius 1 is 1.47 bits per heavy atom. The minimum atomic E-state index is -0.825. The second-order valence-electron chi connectivity index (χ2n) is 3.94. The third-order valence-corrected chi connectivity index (χ3v) is 2.71. The Balaban J connectivity index is 2.89. The van der Waals surface area contributed by atoms with Crippen LogP contribution < -0.4 is 0 Å². The highest BCUT2D eigenvalue weighted by molar-refractivity contribution is 5.96. The summed E-state index contributed by atoms with van der Waals surface area (Å²) in [5.41, 5.74) is 0.461. The molecule has 4 nitrogen and oxygen atoms in total. The van der Waals surface area contributed by atoms with Crippen molar-refractivity contribution in [1.82, 2.24) is 0 Å². The van der Waals surface area contributed by atoms with Gasteiger partial charge >= 0.3 is 0 Å². The van der Waals surface area contributed by atoms with Crippen LogP contribution in [0.5, 0.6) is 0 Å². The first-order valence-corrected chi connectivity index (χ1v) is 5.11. The molecule has 0 aromatic carbocycles. The van der Waals surface area contributed by atoms with Crippen LogP contribution in [0.4, 0.5) is 0 Å². The van der Waals surface area contributed by atoms with E-state index in [1.807, 2.05) is 0 Å². The van der Waals surface area contributed by atoms with E-state index in [9.17, 15) is 9.90 Å². The predicted octanol–water partition coefficient (Wildman–Crippen LogP) is 1.81. The molecular formula is C11H18O4. The minimum absolute atomic E-state index is 0.00435. The van der Waals surface area contributed by atoms with E-state index in [0.29, 0.717) is 24.3 Å². The Morgan fingerprint density at radius 2 is 2.07 bits per heavy atom. The summed E-state index contributed by atoms with van der Waals surface area (Å²) >= 11 is 0. The summed E-state index contributed by atoms with van der Waals surface area (Å²) < 4.78 is 9.83. The average Bonchev–Trinajstić information content (AvgIpc) is 2.23. The van der Waals surface area contributed by atoms with Gasteiger partial charge in [0.15, 0.2) is 11.5 Å². The lowest BCUT2D eigenvalue weighted by molar-refractivity contribution is -0.119. The topological polar surface area (TPSA) is 55.8 Å². The molecule has 0 aliphatic heterocycles. The Morgan fingerprint density at radius 3 is 2.60 bits per heavy atom. The Hall–Kier alpha value is -0.870. The smallest absolute Gasteiger partial charge is 0.216 e. The number of Topliss-reactive ketones (excluding diaryl/α,β-unsaturated/α-hetero) is 1. The van der Waals surface area contributed by atoms with Gasteiger partial charge in [-0.1, -0.05) is 6.92 Å². The van der Waals surface area contributed by atoms with Crippen molar-refractivity contribution in [2.24, 2.45) is 5.92 Å². The van der Waals surface area contributed by atoms with Gasteiger partial charge in [-0.2, -0.15) is 0 Å². The number of ketones is 1. The zero-order valence-corrected chi connectivity index (χ0v) is 9.45. The van der Waals surface area contributed by atoms with E-state index in [0.717, 1.165) is 6.42 Å². The zero-order chi connectivity index (χ0) is 11.4. The number of hydrogen-bond acceptors (Lipinski definition) is 4. The Bertz CT molecular complexity index is 266. The molecule has 0 amide bonds. The first-order chi connectivity index (χ1) is 7.10. The van der Waals surface area contributed by atoms with Crippen LogP contribution in [0.3, 0.4) is 0 Å². The number of aliphatic hydroxyl groups is 1. The molecule has 1 aliphatic rings. The molecule has 0 heterocycles. The fourth-order valence-corrected chi connectivity index (χ4v) is 1.80. The molecule has 1 aliphatic carbocycles. The number of hydrogen-bond donors (Lipinski definition) is 1. The summed E-state index contributed by atoms with van der Waals surface area (Å²) in [6, 6.07) is 0. The normalized spacial score (nSPS) is 25.9. The Labute approximate surface area is 89.9 Å². The Kier molecular flexibility index (Phi) is 4.29. The molecule has 1 fully saturated rings. The molecule has 0 bridgehead atoms. The third-order valence-electron chi connectivity index (χ3n) is 2.71. The molecule has 0 saturated heterocycles. The van der Waals surface area contributed by atoms with Crippen molar-refractivity contribution in [3.05, 3.63) is 11.3 Å². The lowest BCUT2D eigenvalue weighted by atomic mass is 9.85. The third kappa shape index (κ3) is 2.79. The van der Waals surface area contributed by atoms with Gasteiger partial charge in [0.2, 0.25) is 6.29 Å². The van der Waals surface area contributed by atoms with E-state index in [1.165, 1.54) is 14.2 Å². The van der Waals surface area contributed by atoms with Crippen LogP contribution in [0.15, 0.2) is 11.3 Å². The van der Waals surface area contributed by atoms with Crippen LogP contribution in [-0.2, 0) is 14.3 Å². The van der Waals surface area contributed by atoms with Crippen LogP contribution in [0.2, 0.25) is 0 Å². The minimum Gasteiger partial charge on any atom is -0.507 e. The summed E-state index contributed by atoms with van der Waals surface area (Å²) in [6.07, 6.45) is 1.17. The number of allylic oxidation sites excluding steroid dienone is 1. The molecule has 4 heteroatoms. The number of methoxy groups -OCH3 is 2. The molecule has 1 rings (SSSR count).